The Morgan fingerprint density at radius 2 is 1.96 bits per heavy atom. The molecule has 0 aliphatic carbocycles. The number of hydrogen-bond acceptors (Lipinski definition) is 3. The fraction of sp³-hybridized carbons (Fsp3) is 0.278. The second-order valence-corrected chi connectivity index (χ2v) is 5.18. The van der Waals surface area contributed by atoms with Crippen LogP contribution in [0.25, 0.3) is 0 Å². The molecule has 0 radical (unpaired) electrons. The Balaban J connectivity index is 0.00000264. The average molecular weight is 338 g/mol. The van der Waals surface area contributed by atoms with Gasteiger partial charge in [-0.1, -0.05) is 24.3 Å². The summed E-state index contributed by atoms with van der Waals surface area (Å²) < 4.78 is 18.5. The van der Waals surface area contributed by atoms with Crippen molar-refractivity contribution >= 4 is 18.2 Å². The van der Waals surface area contributed by atoms with Gasteiger partial charge in [-0.3, -0.25) is 4.79 Å². The van der Waals surface area contributed by atoms with E-state index >= 15 is 0 Å². The molecule has 1 N–H and O–H groups in total. The van der Waals surface area contributed by atoms with Gasteiger partial charge in [-0.05, 0) is 43.3 Å². The van der Waals surface area contributed by atoms with Gasteiger partial charge in [-0.15, -0.1) is 12.4 Å². The maximum Gasteiger partial charge on any atom is 0.167 e. The Bertz CT molecular complexity index is 648. The predicted octanol–water partition coefficient (Wildman–Crippen LogP) is 3.52. The second-order valence-electron chi connectivity index (χ2n) is 5.18. The first-order valence-corrected chi connectivity index (χ1v) is 7.21. The monoisotopic (exact) mass is 337 g/mol. The standard InChI is InChI=1S/C18H20FNO2.ClH/c1-20-12-15(9-13-5-3-7-16(19)10-13)18(21)14-6-4-8-17(11-14)22-2;/h3-8,10-11,15,20H,9,12H2,1-2H3;1H/t15-;/m0./s1. The SMILES string of the molecule is CNC[C@H](Cc1cccc(F)c1)C(=O)c1cccc(OC)c1.Cl. The Kier molecular flexibility index (Phi) is 7.72. The number of Topliss-reactive ketones (excluding diaryl/α,β-unsaturated/α-hetero) is 1. The topological polar surface area (TPSA) is 38.3 Å². The minimum atomic E-state index is -0.283. The van der Waals surface area contributed by atoms with Gasteiger partial charge in [0.15, 0.2) is 5.78 Å². The van der Waals surface area contributed by atoms with Crippen molar-refractivity contribution in [2.24, 2.45) is 5.92 Å². The van der Waals surface area contributed by atoms with Crippen LogP contribution in [0, 0.1) is 11.7 Å². The molecule has 0 aliphatic heterocycles. The zero-order chi connectivity index (χ0) is 15.9. The van der Waals surface area contributed by atoms with Gasteiger partial charge in [0.25, 0.3) is 0 Å². The Morgan fingerprint density at radius 1 is 1.22 bits per heavy atom. The number of ketones is 1. The molecule has 3 nitrogen and oxygen atoms in total. The van der Waals surface area contributed by atoms with E-state index in [0.29, 0.717) is 24.3 Å². The molecule has 0 unspecified atom stereocenters. The van der Waals surface area contributed by atoms with Crippen LogP contribution in [-0.4, -0.2) is 26.5 Å². The van der Waals surface area contributed by atoms with Crippen LogP contribution >= 0.6 is 12.4 Å². The first-order valence-electron chi connectivity index (χ1n) is 7.21. The van der Waals surface area contributed by atoms with E-state index in [1.54, 1.807) is 44.5 Å². The highest BCUT2D eigenvalue weighted by Crippen LogP contribution is 2.19. The summed E-state index contributed by atoms with van der Waals surface area (Å²) in [7, 11) is 3.37. The molecule has 0 heterocycles. The molecule has 2 aromatic rings. The number of ether oxygens (including phenoxy) is 1. The smallest absolute Gasteiger partial charge is 0.167 e. The normalized spacial score (nSPS) is 11.4. The first-order chi connectivity index (χ1) is 10.6. The van der Waals surface area contributed by atoms with Crippen molar-refractivity contribution in [3.8, 4) is 5.75 Å². The van der Waals surface area contributed by atoms with Crippen molar-refractivity contribution in [3.63, 3.8) is 0 Å². The van der Waals surface area contributed by atoms with Crippen LogP contribution in [0.1, 0.15) is 15.9 Å². The molecule has 0 fully saturated rings. The third-order valence-electron chi connectivity index (χ3n) is 3.55. The molecular weight excluding hydrogens is 317 g/mol. The largest absolute Gasteiger partial charge is 0.497 e. The fourth-order valence-electron chi connectivity index (χ4n) is 2.46. The van der Waals surface area contributed by atoms with Crippen LogP contribution in [-0.2, 0) is 6.42 Å². The van der Waals surface area contributed by atoms with Gasteiger partial charge in [0.05, 0.1) is 7.11 Å². The number of hydrogen-bond donors (Lipinski definition) is 1. The van der Waals surface area contributed by atoms with E-state index < -0.39 is 0 Å². The lowest BCUT2D eigenvalue weighted by Crippen LogP contribution is -2.28. The lowest BCUT2D eigenvalue weighted by atomic mass is 9.91. The fourth-order valence-corrected chi connectivity index (χ4v) is 2.46. The van der Waals surface area contributed by atoms with Crippen molar-refractivity contribution in [1.82, 2.24) is 5.32 Å². The number of carbonyl (C=O) groups excluding carboxylic acids is 1. The molecule has 0 aliphatic rings. The van der Waals surface area contributed by atoms with E-state index in [1.165, 1.54) is 12.1 Å². The number of halogens is 2. The van der Waals surface area contributed by atoms with E-state index in [1.807, 2.05) is 6.07 Å². The van der Waals surface area contributed by atoms with Crippen LogP contribution in [0.15, 0.2) is 48.5 Å². The summed E-state index contributed by atoms with van der Waals surface area (Å²) in [5, 5.41) is 3.04. The van der Waals surface area contributed by atoms with Crippen molar-refractivity contribution in [3.05, 3.63) is 65.5 Å². The zero-order valence-electron chi connectivity index (χ0n) is 13.2. The lowest BCUT2D eigenvalue weighted by Gasteiger charge is -2.16. The molecule has 1 atom stereocenters. The van der Waals surface area contributed by atoms with Gasteiger partial charge in [0.1, 0.15) is 11.6 Å². The quantitative estimate of drug-likeness (QED) is 0.786. The summed E-state index contributed by atoms with van der Waals surface area (Å²) in [4.78, 5) is 12.7. The number of benzene rings is 2. The molecular formula is C18H21ClFNO2. The van der Waals surface area contributed by atoms with E-state index in [2.05, 4.69) is 5.32 Å². The maximum atomic E-state index is 13.3. The molecule has 2 aromatic carbocycles. The molecule has 0 aromatic heterocycles. The number of carbonyl (C=O) groups is 1. The van der Waals surface area contributed by atoms with Gasteiger partial charge in [-0.25, -0.2) is 4.39 Å². The number of rotatable bonds is 7. The Labute approximate surface area is 142 Å². The van der Waals surface area contributed by atoms with E-state index in [9.17, 15) is 9.18 Å². The molecule has 5 heteroatoms. The predicted molar refractivity (Wildman–Crippen MR) is 92.1 cm³/mol. The third kappa shape index (κ3) is 5.34. The molecule has 23 heavy (non-hydrogen) atoms. The maximum absolute atomic E-state index is 13.3. The van der Waals surface area contributed by atoms with Crippen LogP contribution in [0.2, 0.25) is 0 Å². The molecule has 0 saturated carbocycles. The van der Waals surface area contributed by atoms with Crippen molar-refractivity contribution in [1.29, 1.82) is 0 Å². The van der Waals surface area contributed by atoms with Gasteiger partial charge in [-0.2, -0.15) is 0 Å². The molecule has 124 valence electrons. The van der Waals surface area contributed by atoms with Crippen molar-refractivity contribution in [2.45, 2.75) is 6.42 Å². The van der Waals surface area contributed by atoms with Crippen molar-refractivity contribution in [2.75, 3.05) is 20.7 Å². The zero-order valence-corrected chi connectivity index (χ0v) is 14.0. The average Bonchev–Trinajstić information content (AvgIpc) is 2.54. The van der Waals surface area contributed by atoms with E-state index in [-0.39, 0.29) is 29.9 Å². The number of nitrogens with one attached hydrogen (secondary N) is 1. The van der Waals surface area contributed by atoms with Crippen molar-refractivity contribution < 1.29 is 13.9 Å². The molecule has 0 bridgehead atoms. The van der Waals surface area contributed by atoms with Gasteiger partial charge < -0.3 is 10.1 Å². The minimum Gasteiger partial charge on any atom is -0.497 e. The van der Waals surface area contributed by atoms with Gasteiger partial charge in [0.2, 0.25) is 0 Å². The Hall–Kier alpha value is -1.91. The summed E-state index contributed by atoms with van der Waals surface area (Å²) in [6.07, 6.45) is 0.495. The second kappa shape index (κ2) is 9.28. The van der Waals surface area contributed by atoms with Crippen LogP contribution in [0.4, 0.5) is 4.39 Å². The first kappa shape index (κ1) is 19.1. The van der Waals surface area contributed by atoms with Gasteiger partial charge in [0, 0.05) is 18.0 Å². The van der Waals surface area contributed by atoms with Crippen LogP contribution in [0.5, 0.6) is 5.75 Å². The molecule has 0 spiro atoms. The molecule has 0 amide bonds. The third-order valence-corrected chi connectivity index (χ3v) is 3.55. The van der Waals surface area contributed by atoms with Crippen LogP contribution in [0.3, 0.4) is 0 Å². The summed E-state index contributed by atoms with van der Waals surface area (Å²) >= 11 is 0. The summed E-state index contributed by atoms with van der Waals surface area (Å²) in [5.74, 6) is 0.144. The highest BCUT2D eigenvalue weighted by molar-refractivity contribution is 5.98. The number of methoxy groups -OCH3 is 1. The summed E-state index contributed by atoms with van der Waals surface area (Å²) in [6, 6.07) is 13.5. The molecule has 0 saturated heterocycles. The van der Waals surface area contributed by atoms with E-state index in [0.717, 1.165) is 5.56 Å². The minimum absolute atomic E-state index is 0. The van der Waals surface area contributed by atoms with Gasteiger partial charge >= 0.3 is 0 Å². The summed E-state index contributed by atoms with van der Waals surface area (Å²) in [5.41, 5.74) is 1.42. The highest BCUT2D eigenvalue weighted by Gasteiger charge is 2.20. The summed E-state index contributed by atoms with van der Waals surface area (Å²) in [6.45, 7) is 0.534. The van der Waals surface area contributed by atoms with E-state index in [4.69, 9.17) is 4.74 Å². The van der Waals surface area contributed by atoms with Crippen LogP contribution < -0.4 is 10.1 Å². The Morgan fingerprint density at radius 3 is 2.61 bits per heavy atom. The lowest BCUT2D eigenvalue weighted by molar-refractivity contribution is 0.0918. The highest BCUT2D eigenvalue weighted by atomic mass is 35.5. The molecule has 2 rings (SSSR count).